The van der Waals surface area contributed by atoms with Crippen LogP contribution in [0.15, 0.2) is 24.3 Å². The first kappa shape index (κ1) is 18.0. The van der Waals surface area contributed by atoms with Crippen molar-refractivity contribution in [2.24, 2.45) is 5.92 Å². The third-order valence-electron chi connectivity index (χ3n) is 3.91. The van der Waals surface area contributed by atoms with E-state index < -0.39 is 0 Å². The van der Waals surface area contributed by atoms with Gasteiger partial charge in [0.05, 0.1) is 11.7 Å². The van der Waals surface area contributed by atoms with Crippen LogP contribution in [0.5, 0.6) is 0 Å². The molecule has 0 aliphatic carbocycles. The zero-order valence-corrected chi connectivity index (χ0v) is 14.2. The number of halogens is 1. The van der Waals surface area contributed by atoms with Crippen LogP contribution in [0.1, 0.15) is 69.7 Å². The van der Waals surface area contributed by atoms with Crippen molar-refractivity contribution in [3.8, 4) is 0 Å². The van der Waals surface area contributed by atoms with Gasteiger partial charge < -0.3 is 4.74 Å². The van der Waals surface area contributed by atoms with Gasteiger partial charge in [-0.1, -0.05) is 51.1 Å². The average molecular weight is 311 g/mol. The Hall–Kier alpha value is -1.02. The van der Waals surface area contributed by atoms with Gasteiger partial charge >= 0.3 is 5.97 Å². The molecule has 118 valence electrons. The number of carbonyl (C=O) groups excluding carboxylic acids is 1. The highest BCUT2D eigenvalue weighted by molar-refractivity contribution is 6.30. The minimum Gasteiger partial charge on any atom is -0.459 e. The lowest BCUT2D eigenvalue weighted by Gasteiger charge is -2.18. The van der Waals surface area contributed by atoms with Crippen LogP contribution in [0.3, 0.4) is 0 Å². The molecule has 0 aromatic heterocycles. The van der Waals surface area contributed by atoms with Crippen molar-refractivity contribution in [3.63, 3.8) is 0 Å². The highest BCUT2D eigenvalue weighted by Gasteiger charge is 2.14. The molecule has 2 atom stereocenters. The van der Waals surface area contributed by atoms with E-state index in [1.54, 1.807) is 24.3 Å². The summed E-state index contributed by atoms with van der Waals surface area (Å²) in [7, 11) is 0. The molecule has 3 heteroatoms. The highest BCUT2D eigenvalue weighted by atomic mass is 35.5. The smallest absolute Gasteiger partial charge is 0.338 e. The molecular formula is C18H27ClO2. The van der Waals surface area contributed by atoms with Crippen LogP contribution in [0, 0.1) is 5.92 Å². The molecule has 0 radical (unpaired) electrons. The van der Waals surface area contributed by atoms with E-state index in [0.29, 0.717) is 10.6 Å². The summed E-state index contributed by atoms with van der Waals surface area (Å²) in [6.07, 6.45) is 7.05. The van der Waals surface area contributed by atoms with Crippen molar-refractivity contribution in [3.05, 3.63) is 34.9 Å². The number of rotatable bonds is 9. The summed E-state index contributed by atoms with van der Waals surface area (Å²) >= 11 is 5.81. The van der Waals surface area contributed by atoms with Gasteiger partial charge in [0.1, 0.15) is 0 Å². The van der Waals surface area contributed by atoms with Crippen LogP contribution >= 0.6 is 11.6 Å². The number of hydrogen-bond donors (Lipinski definition) is 0. The fraction of sp³-hybridized carbons (Fsp3) is 0.611. The minimum atomic E-state index is -0.263. The molecular weight excluding hydrogens is 284 g/mol. The second-order valence-corrected chi connectivity index (χ2v) is 6.15. The Kier molecular flexibility index (Phi) is 8.44. The second-order valence-electron chi connectivity index (χ2n) is 5.72. The highest BCUT2D eigenvalue weighted by Crippen LogP contribution is 2.20. The largest absolute Gasteiger partial charge is 0.459 e. The van der Waals surface area contributed by atoms with Gasteiger partial charge in [0.15, 0.2) is 0 Å². The molecule has 0 saturated heterocycles. The Morgan fingerprint density at radius 1 is 1.14 bits per heavy atom. The Morgan fingerprint density at radius 3 is 2.38 bits per heavy atom. The molecule has 0 saturated carbocycles. The molecule has 0 spiro atoms. The summed E-state index contributed by atoms with van der Waals surface area (Å²) in [6, 6.07) is 6.82. The van der Waals surface area contributed by atoms with Gasteiger partial charge in [0, 0.05) is 5.02 Å². The van der Waals surface area contributed by atoms with Gasteiger partial charge in [0.25, 0.3) is 0 Å². The summed E-state index contributed by atoms with van der Waals surface area (Å²) in [5.74, 6) is 0.488. The maximum Gasteiger partial charge on any atom is 0.338 e. The second kappa shape index (κ2) is 9.83. The fourth-order valence-corrected chi connectivity index (χ4v) is 2.54. The zero-order chi connectivity index (χ0) is 15.7. The van der Waals surface area contributed by atoms with Gasteiger partial charge in [-0.2, -0.15) is 0 Å². The maximum atomic E-state index is 12.0. The number of esters is 1. The lowest BCUT2D eigenvalue weighted by Crippen LogP contribution is -2.16. The van der Waals surface area contributed by atoms with Crippen LogP contribution in [0.4, 0.5) is 0 Å². The van der Waals surface area contributed by atoms with E-state index in [9.17, 15) is 4.79 Å². The quantitative estimate of drug-likeness (QED) is 0.532. The van der Waals surface area contributed by atoms with Crippen LogP contribution in [-0.2, 0) is 4.74 Å². The SMILES string of the molecule is CCCC[C@@H](CC)CC[C@H](C)OC(=O)c1ccc(Cl)cc1. The van der Waals surface area contributed by atoms with Crippen LogP contribution in [0.2, 0.25) is 5.02 Å². The van der Waals surface area contributed by atoms with Gasteiger partial charge in [-0.25, -0.2) is 4.79 Å². The maximum absolute atomic E-state index is 12.0. The van der Waals surface area contributed by atoms with Crippen molar-refractivity contribution in [2.75, 3.05) is 0 Å². The predicted molar refractivity (Wildman–Crippen MR) is 88.9 cm³/mol. The monoisotopic (exact) mass is 310 g/mol. The van der Waals surface area contributed by atoms with Crippen molar-refractivity contribution >= 4 is 17.6 Å². The van der Waals surface area contributed by atoms with Crippen molar-refractivity contribution in [1.82, 2.24) is 0 Å². The third kappa shape index (κ3) is 6.99. The molecule has 0 bridgehead atoms. The van der Waals surface area contributed by atoms with E-state index in [1.165, 1.54) is 25.7 Å². The van der Waals surface area contributed by atoms with E-state index in [0.717, 1.165) is 18.8 Å². The van der Waals surface area contributed by atoms with E-state index in [2.05, 4.69) is 13.8 Å². The van der Waals surface area contributed by atoms with E-state index in [1.807, 2.05) is 6.92 Å². The van der Waals surface area contributed by atoms with E-state index >= 15 is 0 Å². The zero-order valence-electron chi connectivity index (χ0n) is 13.4. The molecule has 1 aromatic rings. The molecule has 0 heterocycles. The first-order valence-corrected chi connectivity index (χ1v) is 8.41. The van der Waals surface area contributed by atoms with Crippen LogP contribution < -0.4 is 0 Å². The Balaban J connectivity index is 2.37. The van der Waals surface area contributed by atoms with E-state index in [-0.39, 0.29) is 12.1 Å². The molecule has 0 fully saturated rings. The molecule has 0 aliphatic heterocycles. The third-order valence-corrected chi connectivity index (χ3v) is 4.16. The first-order valence-electron chi connectivity index (χ1n) is 8.03. The number of unbranched alkanes of at least 4 members (excludes halogenated alkanes) is 1. The normalized spacial score (nSPS) is 13.7. The van der Waals surface area contributed by atoms with Gasteiger partial charge in [0.2, 0.25) is 0 Å². The Morgan fingerprint density at radius 2 is 1.81 bits per heavy atom. The number of hydrogen-bond acceptors (Lipinski definition) is 2. The number of ether oxygens (including phenoxy) is 1. The predicted octanol–water partition coefficient (Wildman–Crippen LogP) is 5.88. The van der Waals surface area contributed by atoms with Gasteiger partial charge in [-0.15, -0.1) is 0 Å². The topological polar surface area (TPSA) is 26.3 Å². The molecule has 0 unspecified atom stereocenters. The van der Waals surface area contributed by atoms with E-state index in [4.69, 9.17) is 16.3 Å². The van der Waals surface area contributed by atoms with Crippen LogP contribution in [-0.4, -0.2) is 12.1 Å². The summed E-state index contributed by atoms with van der Waals surface area (Å²) in [5, 5.41) is 0.626. The standard InChI is InChI=1S/C18H27ClO2/c1-4-6-7-15(5-2)9-8-14(3)21-18(20)16-10-12-17(19)13-11-16/h10-15H,4-9H2,1-3H3/t14-,15+/m0/s1. The Labute approximate surface area is 133 Å². The molecule has 0 N–H and O–H groups in total. The molecule has 21 heavy (non-hydrogen) atoms. The van der Waals surface area contributed by atoms with Crippen molar-refractivity contribution in [1.29, 1.82) is 0 Å². The summed E-state index contributed by atoms with van der Waals surface area (Å²) in [6.45, 7) is 6.44. The van der Waals surface area contributed by atoms with Crippen molar-refractivity contribution < 1.29 is 9.53 Å². The molecule has 1 aromatic carbocycles. The molecule has 0 aliphatic rings. The van der Waals surface area contributed by atoms with Gasteiger partial charge in [-0.3, -0.25) is 0 Å². The summed E-state index contributed by atoms with van der Waals surface area (Å²) in [5.41, 5.74) is 0.560. The summed E-state index contributed by atoms with van der Waals surface area (Å²) < 4.78 is 5.49. The van der Waals surface area contributed by atoms with Crippen LogP contribution in [0.25, 0.3) is 0 Å². The first-order chi connectivity index (χ1) is 10.1. The minimum absolute atomic E-state index is 0.0381. The lowest BCUT2D eigenvalue weighted by molar-refractivity contribution is 0.0310. The Bertz CT molecular complexity index is 414. The van der Waals surface area contributed by atoms with Crippen molar-refractivity contribution in [2.45, 2.75) is 65.4 Å². The average Bonchev–Trinajstić information content (AvgIpc) is 2.48. The molecule has 2 nitrogen and oxygen atoms in total. The fourth-order valence-electron chi connectivity index (χ4n) is 2.41. The molecule has 0 amide bonds. The summed E-state index contributed by atoms with van der Waals surface area (Å²) in [4.78, 5) is 12.0. The number of benzene rings is 1. The molecule has 1 rings (SSSR count). The van der Waals surface area contributed by atoms with Gasteiger partial charge in [-0.05, 0) is 49.9 Å². The number of carbonyl (C=O) groups is 1. The lowest BCUT2D eigenvalue weighted by atomic mass is 9.93.